The molecule has 0 aromatic heterocycles. The van der Waals surface area contributed by atoms with Crippen molar-refractivity contribution >= 4 is 8.80 Å². The summed E-state index contributed by atoms with van der Waals surface area (Å²) in [4.78, 5) is 0. The smallest absolute Gasteiger partial charge is 0.0402 e. The molecule has 0 atom stereocenters. The van der Waals surface area contributed by atoms with E-state index in [0.717, 1.165) is 0 Å². The van der Waals surface area contributed by atoms with Gasteiger partial charge in [0.1, 0.15) is 0 Å². The van der Waals surface area contributed by atoms with Gasteiger partial charge in [0.2, 0.25) is 0 Å². The lowest BCUT2D eigenvalue weighted by Crippen LogP contribution is -2.04. The summed E-state index contributed by atoms with van der Waals surface area (Å²) in [6, 6.07) is 4.48. The molecule has 0 amide bonds. The van der Waals surface area contributed by atoms with Crippen molar-refractivity contribution in [1.29, 1.82) is 0 Å². The molecule has 0 unspecified atom stereocenters. The standard InChI is InChI=1S/C6H16Si.C2H6O/c1-4-7(5-2)6-3;1-2-3/h7H,4-6H2,1-3H3;3H,2H2,1H3. The van der Waals surface area contributed by atoms with Crippen LogP contribution in [0.15, 0.2) is 0 Å². The van der Waals surface area contributed by atoms with Gasteiger partial charge in [0.05, 0.1) is 0 Å². The molecule has 0 spiro atoms. The Morgan fingerprint density at radius 2 is 1.10 bits per heavy atom. The van der Waals surface area contributed by atoms with Crippen LogP contribution < -0.4 is 0 Å². The van der Waals surface area contributed by atoms with Gasteiger partial charge in [-0.05, 0) is 6.92 Å². The molecule has 0 aliphatic carbocycles. The Morgan fingerprint density at radius 3 is 1.10 bits per heavy atom. The zero-order valence-corrected chi connectivity index (χ0v) is 9.01. The maximum Gasteiger partial charge on any atom is 0.0402 e. The zero-order valence-electron chi connectivity index (χ0n) is 7.85. The number of rotatable bonds is 3. The van der Waals surface area contributed by atoms with E-state index in [1.807, 2.05) is 0 Å². The Labute approximate surface area is 67.1 Å². The van der Waals surface area contributed by atoms with Gasteiger partial charge in [0.15, 0.2) is 0 Å². The van der Waals surface area contributed by atoms with Crippen LogP contribution in [0, 0.1) is 0 Å². The Balaban J connectivity index is 0. The highest BCUT2D eigenvalue weighted by Crippen LogP contribution is 2.01. The second-order valence-electron chi connectivity index (χ2n) is 2.41. The van der Waals surface area contributed by atoms with Crippen molar-refractivity contribution in [1.82, 2.24) is 0 Å². The number of aliphatic hydroxyl groups is 1. The van der Waals surface area contributed by atoms with Crippen molar-refractivity contribution in [3.8, 4) is 0 Å². The topological polar surface area (TPSA) is 20.2 Å². The molecule has 0 heterocycles. The van der Waals surface area contributed by atoms with E-state index in [-0.39, 0.29) is 15.4 Å². The maximum atomic E-state index is 7.57. The van der Waals surface area contributed by atoms with E-state index < -0.39 is 0 Å². The van der Waals surface area contributed by atoms with Gasteiger partial charge in [-0.25, -0.2) is 0 Å². The molecule has 2 heteroatoms. The van der Waals surface area contributed by atoms with Crippen molar-refractivity contribution in [3.05, 3.63) is 0 Å². The minimum absolute atomic E-state index is 0.171. The van der Waals surface area contributed by atoms with Gasteiger partial charge >= 0.3 is 0 Å². The summed E-state index contributed by atoms with van der Waals surface area (Å²) >= 11 is 0. The van der Waals surface area contributed by atoms with E-state index in [4.69, 9.17) is 5.11 Å². The fourth-order valence-corrected chi connectivity index (χ4v) is 2.60. The lowest BCUT2D eigenvalue weighted by Gasteiger charge is -2.03. The van der Waals surface area contributed by atoms with E-state index in [1.165, 1.54) is 18.1 Å². The third-order valence-corrected chi connectivity index (χ3v) is 5.20. The molecule has 64 valence electrons. The van der Waals surface area contributed by atoms with Gasteiger partial charge in [0.25, 0.3) is 0 Å². The minimum atomic E-state index is -0.171. The number of aliphatic hydroxyl groups excluding tert-OH is 1. The summed E-state index contributed by atoms with van der Waals surface area (Å²) in [5, 5.41) is 7.57. The summed E-state index contributed by atoms with van der Waals surface area (Å²) in [5.41, 5.74) is 0. The molecule has 0 aliphatic rings. The molecule has 0 fully saturated rings. The van der Waals surface area contributed by atoms with Crippen LogP contribution in [0.25, 0.3) is 0 Å². The number of hydrogen-bond acceptors (Lipinski definition) is 1. The fourth-order valence-electron chi connectivity index (χ4n) is 0.866. The molecule has 0 saturated heterocycles. The first-order valence-corrected chi connectivity index (χ1v) is 6.82. The first-order valence-electron chi connectivity index (χ1n) is 4.37. The second-order valence-corrected chi connectivity index (χ2v) is 6.59. The van der Waals surface area contributed by atoms with Gasteiger partial charge in [-0.2, -0.15) is 0 Å². The van der Waals surface area contributed by atoms with E-state index in [9.17, 15) is 0 Å². The average Bonchev–Trinajstić information content (AvgIpc) is 1.93. The van der Waals surface area contributed by atoms with Crippen molar-refractivity contribution in [3.63, 3.8) is 0 Å². The fraction of sp³-hybridized carbons (Fsp3) is 1.00. The van der Waals surface area contributed by atoms with Crippen LogP contribution in [0.3, 0.4) is 0 Å². The first-order chi connectivity index (χ1) is 4.76. The minimum Gasteiger partial charge on any atom is -0.397 e. The van der Waals surface area contributed by atoms with Crippen LogP contribution in [0.5, 0.6) is 0 Å². The summed E-state index contributed by atoms with van der Waals surface area (Å²) in [6.45, 7) is 8.90. The summed E-state index contributed by atoms with van der Waals surface area (Å²) in [7, 11) is -0.171. The molecule has 0 aliphatic heterocycles. The average molecular weight is 162 g/mol. The highest BCUT2D eigenvalue weighted by atomic mass is 28.3. The van der Waals surface area contributed by atoms with Gasteiger partial charge < -0.3 is 5.11 Å². The third-order valence-electron chi connectivity index (χ3n) is 1.73. The molecule has 0 bridgehead atoms. The van der Waals surface area contributed by atoms with Crippen LogP contribution >= 0.6 is 0 Å². The van der Waals surface area contributed by atoms with Gasteiger partial charge in [0, 0.05) is 15.4 Å². The highest BCUT2D eigenvalue weighted by Gasteiger charge is 1.98. The maximum absolute atomic E-state index is 7.57. The summed E-state index contributed by atoms with van der Waals surface area (Å²) in [5.74, 6) is 0. The predicted molar refractivity (Wildman–Crippen MR) is 51.4 cm³/mol. The molecule has 10 heavy (non-hydrogen) atoms. The molecule has 1 N–H and O–H groups in total. The molecule has 1 nitrogen and oxygen atoms in total. The van der Waals surface area contributed by atoms with Crippen LogP contribution in [-0.4, -0.2) is 20.5 Å². The van der Waals surface area contributed by atoms with Crippen molar-refractivity contribution in [2.45, 2.75) is 45.8 Å². The Bertz CT molecular complexity index is 39.0. The van der Waals surface area contributed by atoms with E-state index in [1.54, 1.807) is 6.92 Å². The Morgan fingerprint density at radius 1 is 0.900 bits per heavy atom. The summed E-state index contributed by atoms with van der Waals surface area (Å²) in [6.07, 6.45) is 0. The summed E-state index contributed by atoms with van der Waals surface area (Å²) < 4.78 is 0. The van der Waals surface area contributed by atoms with E-state index in [2.05, 4.69) is 20.8 Å². The van der Waals surface area contributed by atoms with Gasteiger partial charge in [-0.1, -0.05) is 38.9 Å². The molecule has 0 aromatic rings. The highest BCUT2D eigenvalue weighted by molar-refractivity contribution is 6.58. The largest absolute Gasteiger partial charge is 0.397 e. The SMILES string of the molecule is CCO.CC[SiH](CC)CC. The Hall–Kier alpha value is 0.177. The van der Waals surface area contributed by atoms with E-state index >= 15 is 0 Å². The van der Waals surface area contributed by atoms with Crippen LogP contribution in [0.1, 0.15) is 27.7 Å². The molecule has 0 rings (SSSR count). The van der Waals surface area contributed by atoms with Crippen LogP contribution in [-0.2, 0) is 0 Å². The quantitative estimate of drug-likeness (QED) is 0.631. The molecular weight excluding hydrogens is 140 g/mol. The number of hydrogen-bond donors (Lipinski definition) is 1. The molecular formula is C8H22OSi. The predicted octanol–water partition coefficient (Wildman–Crippen LogP) is 2.27. The normalized spacial score (nSPS) is 9.00. The van der Waals surface area contributed by atoms with Crippen molar-refractivity contribution < 1.29 is 5.11 Å². The third kappa shape index (κ3) is 11.0. The Kier molecular flexibility index (Phi) is 15.3. The van der Waals surface area contributed by atoms with Crippen LogP contribution in [0.4, 0.5) is 0 Å². The van der Waals surface area contributed by atoms with Gasteiger partial charge in [-0.3, -0.25) is 0 Å². The monoisotopic (exact) mass is 162 g/mol. The lowest BCUT2D eigenvalue weighted by atomic mass is 10.9. The van der Waals surface area contributed by atoms with Crippen LogP contribution in [0.2, 0.25) is 18.1 Å². The zero-order chi connectivity index (χ0) is 8.41. The van der Waals surface area contributed by atoms with Gasteiger partial charge in [-0.15, -0.1) is 0 Å². The van der Waals surface area contributed by atoms with Crippen molar-refractivity contribution in [2.75, 3.05) is 6.61 Å². The second kappa shape index (κ2) is 11.9. The first kappa shape index (κ1) is 12.8. The molecule has 0 saturated carbocycles. The molecule has 0 aromatic carbocycles. The van der Waals surface area contributed by atoms with E-state index in [0.29, 0.717) is 0 Å². The van der Waals surface area contributed by atoms with Crippen molar-refractivity contribution in [2.24, 2.45) is 0 Å². The molecule has 0 radical (unpaired) electrons. The lowest BCUT2D eigenvalue weighted by molar-refractivity contribution is 0.318.